The normalized spacial score (nSPS) is 11.3. The van der Waals surface area contributed by atoms with Gasteiger partial charge in [-0.05, 0) is 50.2 Å². The van der Waals surface area contributed by atoms with Crippen LogP contribution in [0.3, 0.4) is 0 Å². The van der Waals surface area contributed by atoms with Crippen molar-refractivity contribution in [2.24, 2.45) is 0 Å². The largest absolute Gasteiger partial charge is 0.399 e. The molecule has 0 aliphatic heterocycles. The van der Waals surface area contributed by atoms with E-state index in [1.807, 2.05) is 13.8 Å². The van der Waals surface area contributed by atoms with Crippen LogP contribution in [0.15, 0.2) is 41.2 Å². The number of hydrogen-bond acceptors (Lipinski definition) is 5. The van der Waals surface area contributed by atoms with Gasteiger partial charge in [0, 0.05) is 11.3 Å². The number of carbonyl (C=O) groups is 1. The van der Waals surface area contributed by atoms with Crippen molar-refractivity contribution in [3.05, 3.63) is 63.8 Å². The van der Waals surface area contributed by atoms with Crippen LogP contribution >= 0.6 is 0 Å². The van der Waals surface area contributed by atoms with Crippen molar-refractivity contribution in [1.82, 2.24) is 19.5 Å². The van der Waals surface area contributed by atoms with Crippen LogP contribution in [-0.2, 0) is 0 Å². The van der Waals surface area contributed by atoms with Gasteiger partial charge < -0.3 is 10.7 Å². The zero-order valence-corrected chi connectivity index (χ0v) is 13.7. The number of benzene rings is 2. The molecule has 0 aliphatic rings. The zero-order chi connectivity index (χ0) is 17.7. The van der Waals surface area contributed by atoms with Gasteiger partial charge >= 0.3 is 5.69 Å². The molecule has 4 rings (SSSR count). The molecule has 7 heteroatoms. The van der Waals surface area contributed by atoms with Gasteiger partial charge in [-0.1, -0.05) is 0 Å². The van der Waals surface area contributed by atoms with Crippen molar-refractivity contribution in [3.63, 3.8) is 0 Å². The number of H-pyrrole nitrogens is 1. The highest BCUT2D eigenvalue weighted by Gasteiger charge is 2.17. The van der Waals surface area contributed by atoms with Gasteiger partial charge in [-0.3, -0.25) is 4.79 Å². The first kappa shape index (κ1) is 15.1. The Labute approximate surface area is 142 Å². The van der Waals surface area contributed by atoms with E-state index in [2.05, 4.69) is 15.0 Å². The molecular weight excluding hydrogens is 318 g/mol. The lowest BCUT2D eigenvalue weighted by molar-refractivity contribution is 0.0961. The molecule has 0 aliphatic carbocycles. The lowest BCUT2D eigenvalue weighted by Crippen LogP contribution is -2.24. The van der Waals surface area contributed by atoms with Gasteiger partial charge in [-0.25, -0.2) is 19.3 Å². The van der Waals surface area contributed by atoms with E-state index < -0.39 is 11.6 Å². The van der Waals surface area contributed by atoms with Crippen molar-refractivity contribution >= 4 is 33.7 Å². The Bertz CT molecular complexity index is 1220. The highest BCUT2D eigenvalue weighted by atomic mass is 16.2. The lowest BCUT2D eigenvalue weighted by atomic mass is 10.1. The Morgan fingerprint density at radius 1 is 1.04 bits per heavy atom. The third-order valence-corrected chi connectivity index (χ3v) is 4.23. The first-order chi connectivity index (χ1) is 11.9. The van der Waals surface area contributed by atoms with Crippen LogP contribution < -0.4 is 11.4 Å². The maximum Gasteiger partial charge on any atom is 0.333 e. The van der Waals surface area contributed by atoms with Crippen molar-refractivity contribution in [1.29, 1.82) is 0 Å². The molecule has 0 amide bonds. The Kier molecular flexibility index (Phi) is 3.18. The molecule has 4 aromatic rings. The van der Waals surface area contributed by atoms with Crippen LogP contribution in [-0.4, -0.2) is 25.4 Å². The van der Waals surface area contributed by atoms with Gasteiger partial charge in [-0.15, -0.1) is 0 Å². The first-order valence-electron chi connectivity index (χ1n) is 7.74. The van der Waals surface area contributed by atoms with E-state index in [0.29, 0.717) is 33.3 Å². The predicted octanol–water partition coefficient (Wildman–Crippen LogP) is 2.16. The molecule has 0 saturated heterocycles. The van der Waals surface area contributed by atoms with Gasteiger partial charge in [0.05, 0.1) is 33.5 Å². The van der Waals surface area contributed by atoms with Gasteiger partial charge in [0.1, 0.15) is 0 Å². The molecular formula is C18H15N5O2. The standard InChI is InChI=1S/C18H15N5O2/c1-9-10(2)21-14-7-11(3-5-13(14)20-9)17(24)23-16-6-4-12(19)8-15(16)22-18(23)25/h3-8H,19H2,1-2H3,(H,22,25). The summed E-state index contributed by atoms with van der Waals surface area (Å²) in [4.78, 5) is 36.7. The number of nitrogen functional groups attached to an aromatic ring is 1. The van der Waals surface area contributed by atoms with Crippen molar-refractivity contribution in [3.8, 4) is 0 Å². The van der Waals surface area contributed by atoms with E-state index in [1.54, 1.807) is 36.4 Å². The summed E-state index contributed by atoms with van der Waals surface area (Å²) in [5.41, 5.74) is 10.1. The monoisotopic (exact) mass is 333 g/mol. The fourth-order valence-corrected chi connectivity index (χ4v) is 2.82. The quantitative estimate of drug-likeness (QED) is 0.519. The number of aromatic nitrogens is 4. The maximum absolute atomic E-state index is 12.9. The number of nitrogens with zero attached hydrogens (tertiary/aromatic N) is 3. The molecule has 2 aromatic carbocycles. The highest BCUT2D eigenvalue weighted by Crippen LogP contribution is 2.18. The van der Waals surface area contributed by atoms with Gasteiger partial charge in [0.15, 0.2) is 0 Å². The fourth-order valence-electron chi connectivity index (χ4n) is 2.82. The number of rotatable bonds is 1. The predicted molar refractivity (Wildman–Crippen MR) is 95.7 cm³/mol. The molecule has 2 heterocycles. The van der Waals surface area contributed by atoms with E-state index in [4.69, 9.17) is 5.73 Å². The summed E-state index contributed by atoms with van der Waals surface area (Å²) >= 11 is 0. The fraction of sp³-hybridized carbons (Fsp3) is 0.111. The Morgan fingerprint density at radius 2 is 1.76 bits per heavy atom. The Balaban J connectivity index is 1.89. The van der Waals surface area contributed by atoms with E-state index in [1.165, 1.54) is 0 Å². The van der Waals surface area contributed by atoms with Crippen LogP contribution in [0.25, 0.3) is 22.1 Å². The molecule has 0 spiro atoms. The van der Waals surface area contributed by atoms with E-state index in [0.717, 1.165) is 16.0 Å². The number of aryl methyl sites for hydroxylation is 2. The number of anilines is 1. The lowest BCUT2D eigenvalue weighted by Gasteiger charge is -2.06. The van der Waals surface area contributed by atoms with Crippen LogP contribution in [0.1, 0.15) is 21.7 Å². The molecule has 0 atom stereocenters. The van der Waals surface area contributed by atoms with Crippen molar-refractivity contribution < 1.29 is 4.79 Å². The van der Waals surface area contributed by atoms with Gasteiger partial charge in [0.25, 0.3) is 5.91 Å². The summed E-state index contributed by atoms with van der Waals surface area (Å²) in [7, 11) is 0. The molecule has 0 bridgehead atoms. The first-order valence-corrected chi connectivity index (χ1v) is 7.74. The second kappa shape index (κ2) is 5.27. The number of fused-ring (bicyclic) bond motifs is 2. The highest BCUT2D eigenvalue weighted by molar-refractivity contribution is 6.03. The third kappa shape index (κ3) is 2.37. The summed E-state index contributed by atoms with van der Waals surface area (Å²) in [6, 6.07) is 9.96. The van der Waals surface area contributed by atoms with Crippen LogP contribution in [0, 0.1) is 13.8 Å². The minimum atomic E-state index is -0.503. The number of nitrogens with one attached hydrogen (secondary N) is 1. The second-order valence-electron chi connectivity index (χ2n) is 5.95. The second-order valence-corrected chi connectivity index (χ2v) is 5.95. The molecule has 0 radical (unpaired) electrons. The number of imidazole rings is 1. The van der Waals surface area contributed by atoms with Crippen molar-refractivity contribution in [2.45, 2.75) is 13.8 Å². The summed E-state index contributed by atoms with van der Waals surface area (Å²) in [5, 5.41) is 0. The molecule has 3 N–H and O–H groups in total. The number of aromatic amines is 1. The SMILES string of the molecule is Cc1nc2ccc(C(=O)n3c(=O)[nH]c4cc(N)ccc43)cc2nc1C. The minimum absolute atomic E-state index is 0.366. The maximum atomic E-state index is 12.9. The Morgan fingerprint density at radius 3 is 2.52 bits per heavy atom. The van der Waals surface area contributed by atoms with E-state index >= 15 is 0 Å². The zero-order valence-electron chi connectivity index (χ0n) is 13.7. The summed E-state index contributed by atoms with van der Waals surface area (Å²) < 4.78 is 1.10. The average Bonchev–Trinajstić information content (AvgIpc) is 2.89. The number of hydrogen-bond donors (Lipinski definition) is 2. The molecule has 0 fully saturated rings. The Hall–Kier alpha value is -3.48. The van der Waals surface area contributed by atoms with Crippen LogP contribution in [0.5, 0.6) is 0 Å². The molecule has 124 valence electrons. The molecule has 0 unspecified atom stereocenters. The molecule has 0 saturated carbocycles. The van der Waals surface area contributed by atoms with Gasteiger partial charge in [-0.2, -0.15) is 0 Å². The smallest absolute Gasteiger partial charge is 0.333 e. The number of nitrogens with two attached hydrogens (primary N) is 1. The topological polar surface area (TPSA) is 107 Å². The molecule has 25 heavy (non-hydrogen) atoms. The number of carbonyl (C=O) groups excluding carboxylic acids is 1. The summed E-state index contributed by atoms with van der Waals surface area (Å²) in [5.74, 6) is -0.428. The van der Waals surface area contributed by atoms with Gasteiger partial charge in [0.2, 0.25) is 0 Å². The summed E-state index contributed by atoms with van der Waals surface area (Å²) in [6.45, 7) is 3.75. The van der Waals surface area contributed by atoms with E-state index in [9.17, 15) is 9.59 Å². The average molecular weight is 333 g/mol. The minimum Gasteiger partial charge on any atom is -0.399 e. The third-order valence-electron chi connectivity index (χ3n) is 4.23. The molecule has 7 nitrogen and oxygen atoms in total. The van der Waals surface area contributed by atoms with Crippen molar-refractivity contribution in [2.75, 3.05) is 5.73 Å². The van der Waals surface area contributed by atoms with E-state index in [-0.39, 0.29) is 0 Å². The van der Waals surface area contributed by atoms with Crippen LogP contribution in [0.2, 0.25) is 0 Å². The molecule has 2 aromatic heterocycles. The van der Waals surface area contributed by atoms with Crippen LogP contribution in [0.4, 0.5) is 5.69 Å². The summed E-state index contributed by atoms with van der Waals surface area (Å²) in [6.07, 6.45) is 0.